The van der Waals surface area contributed by atoms with E-state index in [1.807, 2.05) is 12.3 Å². The van der Waals surface area contributed by atoms with Gasteiger partial charge in [-0.25, -0.2) is 4.98 Å². The highest BCUT2D eigenvalue weighted by Gasteiger charge is 2.24. The van der Waals surface area contributed by atoms with Gasteiger partial charge in [-0.1, -0.05) is 133 Å². The first-order valence-electron chi connectivity index (χ1n) is 19.2. The van der Waals surface area contributed by atoms with E-state index < -0.39 is 0 Å². The molecule has 13 rings (SSSR count). The van der Waals surface area contributed by atoms with Crippen LogP contribution in [0.2, 0.25) is 0 Å². The summed E-state index contributed by atoms with van der Waals surface area (Å²) in [5, 5.41) is 9.33. The standard InChI is InChI=1S/C50H29N7/c1-2-19-39(30(14-1)35-20-11-21-36-37-22-12-23-38-40-24-13-29-51-48(40)57(45(35)36)46(37)38)47-52-49(55-41-25-7-3-15-31(41)32-16-4-8-26-42(32)55)54-50(53-47)56-43-27-9-5-17-33(43)34-18-6-10-28-44(34)56/h1-29H. The second-order valence-electron chi connectivity index (χ2n) is 14.7. The van der Waals surface area contributed by atoms with Crippen LogP contribution in [0.25, 0.3) is 116 Å². The predicted molar refractivity (Wildman–Crippen MR) is 232 cm³/mol. The zero-order valence-electron chi connectivity index (χ0n) is 30.4. The van der Waals surface area contributed by atoms with Crippen molar-refractivity contribution in [1.29, 1.82) is 0 Å². The number of aromatic nitrogens is 7. The van der Waals surface area contributed by atoms with Gasteiger partial charge in [-0.3, -0.25) is 13.5 Å². The topological polar surface area (TPSA) is 65.8 Å². The van der Waals surface area contributed by atoms with Crippen LogP contribution < -0.4 is 0 Å². The number of para-hydroxylation sites is 6. The van der Waals surface area contributed by atoms with Gasteiger partial charge in [0.15, 0.2) is 5.82 Å². The second-order valence-corrected chi connectivity index (χ2v) is 14.7. The third kappa shape index (κ3) is 4.09. The van der Waals surface area contributed by atoms with Crippen LogP contribution in [0.3, 0.4) is 0 Å². The molecule has 0 fully saturated rings. The molecule has 6 aromatic heterocycles. The van der Waals surface area contributed by atoms with Gasteiger partial charge in [-0.15, -0.1) is 0 Å². The lowest BCUT2D eigenvalue weighted by molar-refractivity contribution is 0.893. The minimum Gasteiger partial charge on any atom is -0.292 e. The first-order chi connectivity index (χ1) is 28.3. The number of hydrogen-bond donors (Lipinski definition) is 0. The Balaban J connectivity index is 1.15. The molecule has 0 atom stereocenters. The van der Waals surface area contributed by atoms with Crippen LogP contribution in [0.1, 0.15) is 0 Å². The summed E-state index contributed by atoms with van der Waals surface area (Å²) in [5.41, 5.74) is 10.4. The molecule has 0 amide bonds. The summed E-state index contributed by atoms with van der Waals surface area (Å²) in [7, 11) is 0. The van der Waals surface area contributed by atoms with Gasteiger partial charge in [0.2, 0.25) is 11.9 Å². The average molecular weight is 728 g/mol. The molecule has 0 aliphatic rings. The lowest BCUT2D eigenvalue weighted by Crippen LogP contribution is -2.10. The highest BCUT2D eigenvalue weighted by molar-refractivity contribution is 6.24. The smallest absolute Gasteiger partial charge is 0.240 e. The van der Waals surface area contributed by atoms with Crippen LogP contribution in [0.4, 0.5) is 0 Å². The molecule has 0 aliphatic heterocycles. The van der Waals surface area contributed by atoms with E-state index in [1.54, 1.807) is 0 Å². The highest BCUT2D eigenvalue weighted by atomic mass is 15.3. The van der Waals surface area contributed by atoms with E-state index in [4.69, 9.17) is 19.9 Å². The number of pyridine rings is 1. The lowest BCUT2D eigenvalue weighted by atomic mass is 9.96. The van der Waals surface area contributed by atoms with Gasteiger partial charge in [0.25, 0.3) is 0 Å². The molecular formula is C50H29N7. The highest BCUT2D eigenvalue weighted by Crippen LogP contribution is 2.44. The maximum absolute atomic E-state index is 5.42. The molecule has 0 saturated carbocycles. The van der Waals surface area contributed by atoms with Crippen molar-refractivity contribution in [2.75, 3.05) is 0 Å². The van der Waals surface area contributed by atoms with E-state index >= 15 is 0 Å². The fraction of sp³-hybridized carbons (Fsp3) is 0. The Hall–Kier alpha value is -7.90. The third-order valence-corrected chi connectivity index (χ3v) is 11.7. The monoisotopic (exact) mass is 727 g/mol. The Kier molecular flexibility index (Phi) is 6.04. The van der Waals surface area contributed by atoms with Gasteiger partial charge in [0.05, 0.1) is 33.1 Å². The van der Waals surface area contributed by atoms with E-state index in [2.05, 4.69) is 177 Å². The Morgan fingerprint density at radius 3 is 1.32 bits per heavy atom. The fourth-order valence-electron chi connectivity index (χ4n) is 9.41. The van der Waals surface area contributed by atoms with Crippen LogP contribution in [-0.4, -0.2) is 33.5 Å². The summed E-state index contributed by atoms with van der Waals surface area (Å²) < 4.78 is 6.71. The molecule has 7 nitrogen and oxygen atoms in total. The molecule has 0 radical (unpaired) electrons. The Morgan fingerprint density at radius 1 is 0.316 bits per heavy atom. The molecule has 7 heteroatoms. The van der Waals surface area contributed by atoms with Gasteiger partial charge >= 0.3 is 0 Å². The number of benzene rings is 7. The van der Waals surface area contributed by atoms with Crippen LogP contribution in [0.15, 0.2) is 176 Å². The summed E-state index contributed by atoms with van der Waals surface area (Å²) in [4.78, 5) is 21.2. The van der Waals surface area contributed by atoms with Gasteiger partial charge in [0, 0.05) is 60.4 Å². The minimum atomic E-state index is 0.553. The number of rotatable bonds is 4. The summed E-state index contributed by atoms with van der Waals surface area (Å²) in [5.74, 6) is 1.69. The lowest BCUT2D eigenvalue weighted by Gasteiger charge is -2.15. The van der Waals surface area contributed by atoms with E-state index in [0.717, 1.165) is 76.9 Å². The maximum atomic E-state index is 5.42. The van der Waals surface area contributed by atoms with Gasteiger partial charge in [0.1, 0.15) is 5.65 Å². The van der Waals surface area contributed by atoms with Gasteiger partial charge in [-0.2, -0.15) is 15.0 Å². The summed E-state index contributed by atoms with van der Waals surface area (Å²) in [6.07, 6.45) is 1.89. The molecule has 13 aromatic rings. The van der Waals surface area contributed by atoms with Crippen LogP contribution in [-0.2, 0) is 0 Å². The van der Waals surface area contributed by atoms with Crippen molar-refractivity contribution in [2.45, 2.75) is 0 Å². The first-order valence-corrected chi connectivity index (χ1v) is 19.2. The van der Waals surface area contributed by atoms with Crippen LogP contribution >= 0.6 is 0 Å². The van der Waals surface area contributed by atoms with Crippen molar-refractivity contribution in [2.24, 2.45) is 0 Å². The summed E-state index contributed by atoms with van der Waals surface area (Å²) in [6.45, 7) is 0. The van der Waals surface area contributed by atoms with Crippen molar-refractivity contribution < 1.29 is 0 Å². The quantitative estimate of drug-likeness (QED) is 0.181. The Morgan fingerprint density at radius 2 is 0.737 bits per heavy atom. The van der Waals surface area contributed by atoms with Gasteiger partial charge in [-0.05, 0) is 42.0 Å². The summed E-state index contributed by atoms with van der Waals surface area (Å²) in [6, 6.07) is 59.8. The number of hydrogen-bond acceptors (Lipinski definition) is 4. The average Bonchev–Trinajstić information content (AvgIpc) is 4.01. The van der Waals surface area contributed by atoms with Crippen molar-refractivity contribution in [3.8, 4) is 34.4 Å². The molecule has 6 heterocycles. The van der Waals surface area contributed by atoms with E-state index in [0.29, 0.717) is 17.7 Å². The third-order valence-electron chi connectivity index (χ3n) is 11.7. The molecule has 264 valence electrons. The van der Waals surface area contributed by atoms with E-state index in [1.165, 1.54) is 21.7 Å². The molecular weight excluding hydrogens is 699 g/mol. The fourth-order valence-corrected chi connectivity index (χ4v) is 9.41. The maximum Gasteiger partial charge on any atom is 0.240 e. The zero-order chi connectivity index (χ0) is 37.2. The van der Waals surface area contributed by atoms with Crippen molar-refractivity contribution in [3.05, 3.63) is 176 Å². The first kappa shape index (κ1) is 30.4. The van der Waals surface area contributed by atoms with Crippen molar-refractivity contribution in [1.82, 2.24) is 33.5 Å². The molecule has 0 saturated heterocycles. The second kappa shape index (κ2) is 11.3. The molecule has 0 bridgehead atoms. The Labute approximate surface area is 324 Å². The van der Waals surface area contributed by atoms with Crippen LogP contribution in [0, 0.1) is 0 Å². The van der Waals surface area contributed by atoms with Crippen LogP contribution in [0.5, 0.6) is 0 Å². The zero-order valence-corrected chi connectivity index (χ0v) is 30.4. The Bertz CT molecular complexity index is 3540. The predicted octanol–water partition coefficient (Wildman–Crippen LogP) is 11.9. The number of nitrogens with zero attached hydrogens (tertiary/aromatic N) is 7. The minimum absolute atomic E-state index is 0.553. The summed E-state index contributed by atoms with van der Waals surface area (Å²) >= 11 is 0. The van der Waals surface area contributed by atoms with E-state index in [-0.39, 0.29) is 0 Å². The number of fused-ring (bicyclic) bond motifs is 12. The SMILES string of the molecule is c1ccc(-c2cccc3c4cccc5c6cccnc6n(c23)c54)c(-c2nc(-n3c4ccccc4c4ccccc43)nc(-n3c4ccccc4c4ccccc43)n2)c1. The van der Waals surface area contributed by atoms with Crippen molar-refractivity contribution >= 4 is 81.8 Å². The normalized spacial score (nSPS) is 12.2. The molecule has 7 aromatic carbocycles. The van der Waals surface area contributed by atoms with Crippen molar-refractivity contribution in [3.63, 3.8) is 0 Å². The molecule has 0 N–H and O–H groups in total. The van der Waals surface area contributed by atoms with E-state index in [9.17, 15) is 0 Å². The largest absolute Gasteiger partial charge is 0.292 e. The molecule has 57 heavy (non-hydrogen) atoms. The van der Waals surface area contributed by atoms with Gasteiger partial charge < -0.3 is 0 Å². The molecule has 0 unspecified atom stereocenters. The molecule has 0 spiro atoms. The molecule has 0 aliphatic carbocycles.